The number of aliphatic carboxylic acids is 1. The molecule has 0 bridgehead atoms. The van der Waals surface area contributed by atoms with Gasteiger partial charge in [0.15, 0.2) is 0 Å². The summed E-state index contributed by atoms with van der Waals surface area (Å²) in [6, 6.07) is 4.22. The molecule has 0 aromatic heterocycles. The topological polar surface area (TPSA) is 110 Å². The molecule has 0 saturated carbocycles. The third-order valence-corrected chi connectivity index (χ3v) is 2.80. The van der Waals surface area contributed by atoms with Crippen molar-refractivity contribution in [3.05, 3.63) is 39.4 Å². The molecule has 1 atom stereocenters. The molecule has 1 aromatic carbocycles. The first-order valence-corrected chi connectivity index (χ1v) is 6.06. The lowest BCUT2D eigenvalue weighted by molar-refractivity contribution is -0.385. The van der Waals surface area contributed by atoms with Gasteiger partial charge in [-0.3, -0.25) is 19.7 Å². The van der Waals surface area contributed by atoms with Gasteiger partial charge in [0.2, 0.25) is 0 Å². The summed E-state index contributed by atoms with van der Waals surface area (Å²) in [5.41, 5.74) is 0.548. The third kappa shape index (κ3) is 4.34. The van der Waals surface area contributed by atoms with Crippen molar-refractivity contribution in [1.82, 2.24) is 5.32 Å². The van der Waals surface area contributed by atoms with Crippen molar-refractivity contribution in [2.24, 2.45) is 5.92 Å². The number of carbonyl (C=O) groups excluding carboxylic acids is 1. The van der Waals surface area contributed by atoms with E-state index in [0.29, 0.717) is 5.56 Å². The van der Waals surface area contributed by atoms with Crippen molar-refractivity contribution in [3.63, 3.8) is 0 Å². The molecule has 0 radical (unpaired) electrons. The Kier molecular flexibility index (Phi) is 5.19. The van der Waals surface area contributed by atoms with Crippen LogP contribution in [0.1, 0.15) is 29.3 Å². The van der Waals surface area contributed by atoms with Gasteiger partial charge in [0.1, 0.15) is 0 Å². The highest BCUT2D eigenvalue weighted by Gasteiger charge is 2.15. The number of benzene rings is 1. The highest BCUT2D eigenvalue weighted by Crippen LogP contribution is 2.19. The standard InChI is InChI=1S/C13H16N2O5/c1-8(5-12(16)17)7-14-13(18)10-4-3-9(2)11(6-10)15(19)20/h3-4,6,8H,5,7H2,1-2H3,(H,14,18)(H,16,17). The molecule has 108 valence electrons. The van der Waals surface area contributed by atoms with Crippen LogP contribution in [-0.4, -0.2) is 28.5 Å². The van der Waals surface area contributed by atoms with Crippen molar-refractivity contribution in [1.29, 1.82) is 0 Å². The number of nitro benzene ring substituents is 1. The summed E-state index contributed by atoms with van der Waals surface area (Å²) in [7, 11) is 0. The second-order valence-electron chi connectivity index (χ2n) is 4.67. The number of amides is 1. The molecule has 0 aliphatic heterocycles. The number of carboxylic acids is 1. The first kappa shape index (κ1) is 15.6. The van der Waals surface area contributed by atoms with E-state index in [2.05, 4.69) is 5.32 Å². The number of carbonyl (C=O) groups is 2. The van der Waals surface area contributed by atoms with E-state index in [4.69, 9.17) is 5.11 Å². The number of nitro groups is 1. The average molecular weight is 280 g/mol. The maximum atomic E-state index is 11.8. The summed E-state index contributed by atoms with van der Waals surface area (Å²) < 4.78 is 0. The van der Waals surface area contributed by atoms with Crippen LogP contribution in [0.4, 0.5) is 5.69 Å². The molecule has 7 nitrogen and oxygen atoms in total. The minimum atomic E-state index is -0.933. The molecule has 0 spiro atoms. The summed E-state index contributed by atoms with van der Waals surface area (Å²) >= 11 is 0. The van der Waals surface area contributed by atoms with Crippen LogP contribution in [0.2, 0.25) is 0 Å². The van der Waals surface area contributed by atoms with Crippen LogP contribution in [0.3, 0.4) is 0 Å². The van der Waals surface area contributed by atoms with E-state index >= 15 is 0 Å². The Morgan fingerprint density at radius 1 is 1.45 bits per heavy atom. The van der Waals surface area contributed by atoms with Gasteiger partial charge in [-0.15, -0.1) is 0 Å². The van der Waals surface area contributed by atoms with Gasteiger partial charge in [-0.1, -0.05) is 13.0 Å². The largest absolute Gasteiger partial charge is 0.481 e. The summed E-state index contributed by atoms with van der Waals surface area (Å²) in [5.74, 6) is -1.60. The van der Waals surface area contributed by atoms with Crippen molar-refractivity contribution in [2.45, 2.75) is 20.3 Å². The van der Waals surface area contributed by atoms with E-state index < -0.39 is 16.8 Å². The first-order chi connectivity index (χ1) is 9.31. The fourth-order valence-electron chi connectivity index (χ4n) is 1.69. The fraction of sp³-hybridized carbons (Fsp3) is 0.385. The van der Waals surface area contributed by atoms with E-state index in [1.807, 2.05) is 0 Å². The van der Waals surface area contributed by atoms with Gasteiger partial charge in [-0.05, 0) is 18.9 Å². The Morgan fingerprint density at radius 2 is 2.10 bits per heavy atom. The number of aryl methyl sites for hydroxylation is 1. The van der Waals surface area contributed by atoms with Gasteiger partial charge in [0, 0.05) is 30.2 Å². The molecular formula is C13H16N2O5. The summed E-state index contributed by atoms with van der Waals surface area (Å²) in [6.45, 7) is 3.49. The van der Waals surface area contributed by atoms with Crippen LogP contribution in [0.25, 0.3) is 0 Å². The van der Waals surface area contributed by atoms with Crippen LogP contribution < -0.4 is 5.32 Å². The molecule has 0 fully saturated rings. The quantitative estimate of drug-likeness (QED) is 0.609. The zero-order valence-electron chi connectivity index (χ0n) is 11.3. The Labute approximate surface area is 115 Å². The molecule has 0 aliphatic carbocycles. The molecule has 20 heavy (non-hydrogen) atoms. The van der Waals surface area contributed by atoms with Gasteiger partial charge in [0.05, 0.1) is 4.92 Å². The van der Waals surface area contributed by atoms with E-state index in [-0.39, 0.29) is 30.1 Å². The minimum Gasteiger partial charge on any atom is -0.481 e. The zero-order chi connectivity index (χ0) is 15.3. The van der Waals surface area contributed by atoms with E-state index in [1.165, 1.54) is 18.2 Å². The second kappa shape index (κ2) is 6.65. The smallest absolute Gasteiger partial charge is 0.303 e. The molecule has 1 unspecified atom stereocenters. The number of nitrogens with one attached hydrogen (secondary N) is 1. The van der Waals surface area contributed by atoms with Crippen LogP contribution in [-0.2, 0) is 4.79 Å². The van der Waals surface area contributed by atoms with Crippen molar-refractivity contribution < 1.29 is 19.6 Å². The van der Waals surface area contributed by atoms with E-state index in [0.717, 1.165) is 0 Å². The van der Waals surface area contributed by atoms with Crippen LogP contribution in [0, 0.1) is 23.0 Å². The predicted octanol–water partition coefficient (Wildman–Crippen LogP) is 1.74. The number of carboxylic acid groups (broad SMARTS) is 1. The van der Waals surface area contributed by atoms with Gasteiger partial charge >= 0.3 is 5.97 Å². The molecule has 1 rings (SSSR count). The number of nitrogens with zero attached hydrogens (tertiary/aromatic N) is 1. The van der Waals surface area contributed by atoms with Crippen LogP contribution in [0.15, 0.2) is 18.2 Å². The van der Waals surface area contributed by atoms with Crippen LogP contribution in [0.5, 0.6) is 0 Å². The Bertz CT molecular complexity index is 542. The number of hydrogen-bond acceptors (Lipinski definition) is 4. The third-order valence-electron chi connectivity index (χ3n) is 2.80. The van der Waals surface area contributed by atoms with E-state index in [9.17, 15) is 19.7 Å². The Hall–Kier alpha value is -2.44. The maximum absolute atomic E-state index is 11.8. The molecule has 0 saturated heterocycles. The number of rotatable bonds is 6. The second-order valence-corrected chi connectivity index (χ2v) is 4.67. The Balaban J connectivity index is 2.71. The lowest BCUT2D eigenvalue weighted by Gasteiger charge is -2.10. The number of hydrogen-bond donors (Lipinski definition) is 2. The zero-order valence-corrected chi connectivity index (χ0v) is 11.3. The van der Waals surface area contributed by atoms with Gasteiger partial charge in [0.25, 0.3) is 11.6 Å². The molecule has 7 heteroatoms. The molecule has 0 aliphatic rings. The van der Waals surface area contributed by atoms with Crippen molar-refractivity contribution >= 4 is 17.6 Å². The maximum Gasteiger partial charge on any atom is 0.303 e. The molecule has 1 aromatic rings. The lowest BCUT2D eigenvalue weighted by Crippen LogP contribution is -2.29. The summed E-state index contributed by atoms with van der Waals surface area (Å²) in [5, 5.41) is 22.0. The Morgan fingerprint density at radius 3 is 2.65 bits per heavy atom. The SMILES string of the molecule is Cc1ccc(C(=O)NCC(C)CC(=O)O)cc1[N+](=O)[O-]. The van der Waals surface area contributed by atoms with Gasteiger partial charge < -0.3 is 10.4 Å². The highest BCUT2D eigenvalue weighted by atomic mass is 16.6. The van der Waals surface area contributed by atoms with Gasteiger partial charge in [-0.2, -0.15) is 0 Å². The predicted molar refractivity (Wildman–Crippen MR) is 71.6 cm³/mol. The highest BCUT2D eigenvalue weighted by molar-refractivity contribution is 5.95. The average Bonchev–Trinajstić information content (AvgIpc) is 2.35. The molecular weight excluding hydrogens is 264 g/mol. The van der Waals surface area contributed by atoms with Crippen molar-refractivity contribution in [2.75, 3.05) is 6.54 Å². The van der Waals surface area contributed by atoms with E-state index in [1.54, 1.807) is 13.8 Å². The fourth-order valence-corrected chi connectivity index (χ4v) is 1.69. The van der Waals surface area contributed by atoms with Gasteiger partial charge in [-0.25, -0.2) is 0 Å². The minimum absolute atomic E-state index is 0.0473. The molecule has 0 heterocycles. The monoisotopic (exact) mass is 280 g/mol. The summed E-state index contributed by atoms with van der Waals surface area (Å²) in [4.78, 5) is 32.6. The van der Waals surface area contributed by atoms with Crippen molar-refractivity contribution in [3.8, 4) is 0 Å². The normalized spacial score (nSPS) is 11.7. The molecule has 1 amide bonds. The first-order valence-electron chi connectivity index (χ1n) is 6.06. The van der Waals surface area contributed by atoms with Crippen LogP contribution >= 0.6 is 0 Å². The summed E-state index contributed by atoms with van der Waals surface area (Å²) in [6.07, 6.45) is -0.0473. The molecule has 2 N–H and O–H groups in total. The lowest BCUT2D eigenvalue weighted by atomic mass is 10.1.